The van der Waals surface area contributed by atoms with Gasteiger partial charge in [-0.3, -0.25) is 14.4 Å². The van der Waals surface area contributed by atoms with Gasteiger partial charge < -0.3 is 91.1 Å². The van der Waals surface area contributed by atoms with Crippen LogP contribution < -0.4 is 16.0 Å². The predicted octanol–water partition coefficient (Wildman–Crippen LogP) is -0.497. The summed E-state index contributed by atoms with van der Waals surface area (Å²) in [5.74, 6) is -6.39. The van der Waals surface area contributed by atoms with Crippen molar-refractivity contribution in [1.82, 2.24) is 16.0 Å². The van der Waals surface area contributed by atoms with Crippen LogP contribution in [0.1, 0.15) is 85.5 Å². The second-order valence-corrected chi connectivity index (χ2v) is 19.6. The third-order valence-electron chi connectivity index (χ3n) is 13.3. The minimum Gasteiger partial charge on any atom is -0.462 e. The van der Waals surface area contributed by atoms with E-state index in [1.165, 1.54) is 6.92 Å². The lowest BCUT2D eigenvalue weighted by molar-refractivity contribution is -0.307. The van der Waals surface area contributed by atoms with Gasteiger partial charge in [-0.15, -0.1) is 0 Å². The molecule has 2 amide bonds. The molecule has 2 saturated heterocycles. The fraction of sp³-hybridized carbons (Fsp3) is 0.679. The molecule has 3 rings (SSSR count). The summed E-state index contributed by atoms with van der Waals surface area (Å²) >= 11 is 0. The molecule has 2 bridgehead atoms. The van der Waals surface area contributed by atoms with E-state index in [4.69, 9.17) is 18.9 Å². The zero-order chi connectivity index (χ0) is 55.0. The highest BCUT2D eigenvalue weighted by molar-refractivity contribution is 5.80. The van der Waals surface area contributed by atoms with Crippen molar-refractivity contribution in [2.24, 2.45) is 17.8 Å². The Hall–Kier alpha value is -4.01. The molecule has 21 heteroatoms. The molecule has 420 valence electrons. The Labute approximate surface area is 434 Å². The molecule has 0 spiro atoms. The first-order valence-electron chi connectivity index (χ1n) is 25.6. The first-order chi connectivity index (χ1) is 35.1. The number of carbonyl (C=O) groups excluding carboxylic acids is 3. The van der Waals surface area contributed by atoms with Gasteiger partial charge in [0.25, 0.3) is 0 Å². The lowest BCUT2D eigenvalue weighted by Crippen LogP contribution is -2.64. The summed E-state index contributed by atoms with van der Waals surface area (Å²) < 4.78 is 23.9. The molecule has 0 aromatic heterocycles. The Morgan fingerprint density at radius 3 is 1.92 bits per heavy atom. The van der Waals surface area contributed by atoms with Crippen LogP contribution in [0.5, 0.6) is 0 Å². The van der Waals surface area contributed by atoms with Crippen molar-refractivity contribution in [2.45, 2.75) is 183 Å². The monoisotopic (exact) mass is 1050 g/mol. The van der Waals surface area contributed by atoms with Gasteiger partial charge >= 0.3 is 5.97 Å². The molecule has 3 aliphatic heterocycles. The van der Waals surface area contributed by atoms with Gasteiger partial charge in [0.2, 0.25) is 11.8 Å². The standard InChI is InChI=1S/C53H85N3O18/c1-32-19-16-14-12-10-8-6-7-9-11-13-15-17-20-39(73-52-50(68)47(49(67)35(4)72-52)56-44(64)31-54-5)28-43-46(51(69)55-23-18-24-57)42(63)30-53(70,74-43)29-38(60)26-41(62)40(61)22-21-36(58)25-37(59)27-45(65)71-34(3)33(2)48(32)66/h6-17,19-20,32-43,46-50,52,54,57-63,66-68,70H,18,21-31H2,1-5H3,(H,55,69)(H,56,64)/b7-6-,10-8-,11-9-,14-12-,15-13-,19-16-,20-17+/t32-,33-,34-,35+,36+,37+,38-,39-,40+,41+,42-,43-,46+,47-,48+,49+,50-,52-,53+/m0/s1. The van der Waals surface area contributed by atoms with Gasteiger partial charge in [0, 0.05) is 50.7 Å². The van der Waals surface area contributed by atoms with Crippen LogP contribution in [0.25, 0.3) is 0 Å². The molecule has 3 heterocycles. The molecular formula is C53H85N3O18. The Morgan fingerprint density at radius 2 is 1.31 bits per heavy atom. The fourth-order valence-electron chi connectivity index (χ4n) is 8.93. The van der Waals surface area contributed by atoms with Crippen LogP contribution in [0, 0.1) is 17.8 Å². The second kappa shape index (κ2) is 33.2. The van der Waals surface area contributed by atoms with Crippen molar-refractivity contribution in [2.75, 3.05) is 26.7 Å². The largest absolute Gasteiger partial charge is 0.462 e. The smallest absolute Gasteiger partial charge is 0.308 e. The zero-order valence-electron chi connectivity index (χ0n) is 43.2. The number of aliphatic hydroxyl groups is 11. The summed E-state index contributed by atoms with van der Waals surface area (Å²) in [5.41, 5.74) is 0. The van der Waals surface area contributed by atoms with E-state index in [2.05, 4.69) is 16.0 Å². The van der Waals surface area contributed by atoms with Crippen molar-refractivity contribution in [3.05, 3.63) is 85.1 Å². The Morgan fingerprint density at radius 1 is 0.703 bits per heavy atom. The number of rotatable bonds is 9. The molecular weight excluding hydrogens is 967 g/mol. The van der Waals surface area contributed by atoms with Gasteiger partial charge in [-0.25, -0.2) is 0 Å². The minimum atomic E-state index is -2.33. The van der Waals surface area contributed by atoms with Crippen molar-refractivity contribution in [1.29, 1.82) is 0 Å². The van der Waals surface area contributed by atoms with E-state index in [0.29, 0.717) is 0 Å². The van der Waals surface area contributed by atoms with E-state index in [1.807, 2.05) is 25.2 Å². The number of amides is 2. The van der Waals surface area contributed by atoms with Gasteiger partial charge in [0.15, 0.2) is 12.1 Å². The summed E-state index contributed by atoms with van der Waals surface area (Å²) in [6, 6.07) is -1.23. The Kier molecular flexibility index (Phi) is 28.8. The molecule has 0 radical (unpaired) electrons. The first kappa shape index (κ1) is 64.3. The topological polar surface area (TPSA) is 347 Å². The summed E-state index contributed by atoms with van der Waals surface area (Å²) in [7, 11) is 1.55. The summed E-state index contributed by atoms with van der Waals surface area (Å²) in [6.07, 6.45) is 3.38. The molecule has 2 fully saturated rings. The molecule has 21 nitrogen and oxygen atoms in total. The van der Waals surface area contributed by atoms with Crippen molar-refractivity contribution < 1.29 is 89.5 Å². The van der Waals surface area contributed by atoms with E-state index in [9.17, 15) is 70.6 Å². The van der Waals surface area contributed by atoms with Gasteiger partial charge in [-0.1, -0.05) is 98.9 Å². The average molecular weight is 1050 g/mol. The quantitative estimate of drug-likeness (QED) is 0.102. The number of aliphatic hydroxyl groups excluding tert-OH is 10. The second-order valence-electron chi connectivity index (χ2n) is 19.6. The number of nitrogens with one attached hydrogen (secondary N) is 3. The summed E-state index contributed by atoms with van der Waals surface area (Å²) in [6.45, 7) is 6.41. The molecule has 0 aromatic rings. The average Bonchev–Trinajstić information content (AvgIpc) is 3.32. The number of fused-ring (bicyclic) bond motifs is 2. The highest BCUT2D eigenvalue weighted by Gasteiger charge is 2.51. The van der Waals surface area contributed by atoms with Gasteiger partial charge in [-0.2, -0.15) is 0 Å². The Bertz CT molecular complexity index is 1900. The number of hydrogen-bond acceptors (Lipinski definition) is 19. The summed E-state index contributed by atoms with van der Waals surface area (Å²) in [4.78, 5) is 39.0. The maximum Gasteiger partial charge on any atom is 0.308 e. The van der Waals surface area contributed by atoms with Crippen molar-refractivity contribution in [3.8, 4) is 0 Å². The third kappa shape index (κ3) is 22.3. The Balaban J connectivity index is 1.97. The van der Waals surface area contributed by atoms with E-state index in [1.54, 1.807) is 87.7 Å². The highest BCUT2D eigenvalue weighted by Crippen LogP contribution is 2.38. The SMILES string of the molecule is CNCC(=O)N[C@@H]1[C@H](O)[C@H](O[C@H]2/C=C/C=C\C=C/C=C\C=C/C=C\C=C/[C@H](C)[C@@H](O)[C@@H](C)[C@H](C)OC(=O)C[C@H](O)C[C@H](O)CC[C@@H](O)[C@H](O)C[C@H](O)C[C@]3(O)C[C@H](O)[C@@H](C(=O)NCCCO)[C@H](C2)O3)O[C@H](C)[C@H]1O. The van der Waals surface area contributed by atoms with Crippen LogP contribution in [0.4, 0.5) is 0 Å². The lowest BCUT2D eigenvalue weighted by atomic mass is 9.82. The van der Waals surface area contributed by atoms with Crippen molar-refractivity contribution in [3.63, 3.8) is 0 Å². The molecule has 0 saturated carbocycles. The first-order valence-corrected chi connectivity index (χ1v) is 25.6. The number of hydrogen-bond donors (Lipinski definition) is 14. The number of carbonyl (C=O) groups is 3. The van der Waals surface area contributed by atoms with Crippen LogP contribution in [0.15, 0.2) is 85.1 Å². The normalized spacial score (nSPS) is 41.3. The maximum atomic E-state index is 13.7. The third-order valence-corrected chi connectivity index (χ3v) is 13.3. The number of allylic oxidation sites excluding steroid dienone is 12. The molecule has 14 N–H and O–H groups in total. The number of ether oxygens (including phenoxy) is 4. The van der Waals surface area contributed by atoms with Crippen LogP contribution in [0.3, 0.4) is 0 Å². The number of esters is 1. The molecule has 0 aliphatic carbocycles. The number of cyclic esters (lactones) is 1. The zero-order valence-corrected chi connectivity index (χ0v) is 43.2. The van der Waals surface area contributed by atoms with E-state index < -0.39 is 153 Å². The van der Waals surface area contributed by atoms with Crippen LogP contribution in [0.2, 0.25) is 0 Å². The lowest BCUT2D eigenvalue weighted by Gasteiger charge is -2.46. The van der Waals surface area contributed by atoms with Crippen LogP contribution >= 0.6 is 0 Å². The van der Waals surface area contributed by atoms with Crippen LogP contribution in [-0.4, -0.2) is 198 Å². The number of likely N-dealkylation sites (N-methyl/N-ethyl adjacent to an activating group) is 1. The van der Waals surface area contributed by atoms with Gasteiger partial charge in [-0.05, 0) is 46.6 Å². The maximum absolute atomic E-state index is 13.7. The fourth-order valence-corrected chi connectivity index (χ4v) is 8.93. The molecule has 0 unspecified atom stereocenters. The predicted molar refractivity (Wildman–Crippen MR) is 272 cm³/mol. The van der Waals surface area contributed by atoms with Gasteiger partial charge in [0.1, 0.15) is 18.3 Å². The summed E-state index contributed by atoms with van der Waals surface area (Å²) in [5, 5.41) is 128. The van der Waals surface area contributed by atoms with Crippen LogP contribution in [-0.2, 0) is 33.3 Å². The highest BCUT2D eigenvalue weighted by atomic mass is 16.7. The molecule has 19 atom stereocenters. The minimum absolute atomic E-state index is 0.0343. The molecule has 3 aliphatic rings. The van der Waals surface area contributed by atoms with Crippen molar-refractivity contribution >= 4 is 17.8 Å². The van der Waals surface area contributed by atoms with Gasteiger partial charge in [0.05, 0.1) is 86.0 Å². The van der Waals surface area contributed by atoms with E-state index in [0.717, 1.165) is 0 Å². The van der Waals surface area contributed by atoms with E-state index in [-0.39, 0.29) is 57.7 Å². The molecule has 74 heavy (non-hydrogen) atoms. The molecule has 0 aromatic carbocycles. The van der Waals surface area contributed by atoms with E-state index >= 15 is 0 Å².